The van der Waals surface area contributed by atoms with Gasteiger partial charge in [-0.15, -0.1) is 0 Å². The summed E-state index contributed by atoms with van der Waals surface area (Å²) < 4.78 is 2.27. The maximum atomic E-state index is 6.50. The number of hydrogen-bond acceptors (Lipinski definition) is 0. The number of aromatic nitrogens is 1. The van der Waals surface area contributed by atoms with Crippen LogP contribution in [0.4, 0.5) is 0 Å². The average Bonchev–Trinajstić information content (AvgIpc) is 3.02. The van der Waals surface area contributed by atoms with E-state index in [0.29, 0.717) is 0 Å². The Morgan fingerprint density at radius 2 is 1.26 bits per heavy atom. The molecule has 0 fully saturated rings. The van der Waals surface area contributed by atoms with Crippen LogP contribution in [0.5, 0.6) is 0 Å². The van der Waals surface area contributed by atoms with Crippen molar-refractivity contribution in [3.63, 3.8) is 0 Å². The largest absolute Gasteiger partial charge is 0.335 e. The van der Waals surface area contributed by atoms with Gasteiger partial charge in [0.25, 0.3) is 0 Å². The summed E-state index contributed by atoms with van der Waals surface area (Å²) in [6, 6.07) is 29.4. The number of benzene rings is 3. The molecule has 0 bridgehead atoms. The normalized spacial score (nSPS) is 11.2. The molecule has 0 saturated carbocycles. The first kappa shape index (κ1) is 14.1. The predicted octanol–water partition coefficient (Wildman–Crippen LogP) is 5.93. The molecule has 4 aromatic rings. The fourth-order valence-corrected chi connectivity index (χ4v) is 3.45. The smallest absolute Gasteiger partial charge is 0.0839 e. The molecule has 0 saturated heterocycles. The Morgan fingerprint density at radius 3 is 1.87 bits per heavy atom. The fraction of sp³-hybridized carbons (Fsp3) is 0.0476. The lowest BCUT2D eigenvalue weighted by Gasteiger charge is -2.22. The Balaban J connectivity index is 1.98. The lowest BCUT2D eigenvalue weighted by molar-refractivity contribution is 0.705. The minimum atomic E-state index is 0.106. The summed E-state index contributed by atoms with van der Waals surface area (Å²) in [7, 11) is 0. The molecule has 3 aromatic carbocycles. The highest BCUT2D eigenvalue weighted by molar-refractivity contribution is 6.35. The zero-order valence-electron chi connectivity index (χ0n) is 12.6. The number of hydrogen-bond donors (Lipinski definition) is 0. The van der Waals surface area contributed by atoms with Gasteiger partial charge in [0.15, 0.2) is 0 Å². The Kier molecular flexibility index (Phi) is 3.64. The molecule has 0 spiro atoms. The van der Waals surface area contributed by atoms with E-state index in [-0.39, 0.29) is 6.04 Å². The van der Waals surface area contributed by atoms with Gasteiger partial charge < -0.3 is 4.57 Å². The van der Waals surface area contributed by atoms with Crippen LogP contribution in [0.1, 0.15) is 17.2 Å². The molecular formula is C21H16ClN. The number of fused-ring (bicyclic) bond motifs is 1. The van der Waals surface area contributed by atoms with Gasteiger partial charge in [0, 0.05) is 11.6 Å². The molecule has 4 rings (SSSR count). The molecular weight excluding hydrogens is 302 g/mol. The van der Waals surface area contributed by atoms with Crippen LogP contribution in [0, 0.1) is 0 Å². The fourth-order valence-electron chi connectivity index (χ4n) is 3.17. The predicted molar refractivity (Wildman–Crippen MR) is 97.1 cm³/mol. The van der Waals surface area contributed by atoms with Gasteiger partial charge in [-0.1, -0.05) is 84.4 Å². The first-order valence-electron chi connectivity index (χ1n) is 7.69. The van der Waals surface area contributed by atoms with Crippen molar-refractivity contribution in [2.24, 2.45) is 0 Å². The van der Waals surface area contributed by atoms with Crippen molar-refractivity contribution in [1.82, 2.24) is 4.57 Å². The van der Waals surface area contributed by atoms with Gasteiger partial charge in [0.2, 0.25) is 0 Å². The molecule has 0 atom stereocenters. The standard InChI is InChI=1S/C21H16ClN/c22-19-13-7-12-18-14-15-23(21(18)19)20(16-8-3-1-4-9-16)17-10-5-2-6-11-17/h1-15,20H. The molecule has 0 N–H and O–H groups in total. The van der Waals surface area contributed by atoms with Crippen molar-refractivity contribution < 1.29 is 0 Å². The third kappa shape index (κ3) is 2.54. The first-order chi connectivity index (χ1) is 11.3. The highest BCUT2D eigenvalue weighted by Gasteiger charge is 2.18. The monoisotopic (exact) mass is 317 g/mol. The Hall–Kier alpha value is -2.51. The zero-order valence-corrected chi connectivity index (χ0v) is 13.3. The van der Waals surface area contributed by atoms with E-state index in [0.717, 1.165) is 15.9 Å². The summed E-state index contributed by atoms with van der Waals surface area (Å²) in [5.41, 5.74) is 3.57. The summed E-state index contributed by atoms with van der Waals surface area (Å²) in [4.78, 5) is 0. The van der Waals surface area contributed by atoms with Crippen LogP contribution in [-0.4, -0.2) is 4.57 Å². The van der Waals surface area contributed by atoms with Gasteiger partial charge in [-0.05, 0) is 23.3 Å². The third-order valence-electron chi connectivity index (χ3n) is 4.20. The second-order valence-electron chi connectivity index (χ2n) is 5.62. The minimum Gasteiger partial charge on any atom is -0.335 e. The summed E-state index contributed by atoms with van der Waals surface area (Å²) in [6.45, 7) is 0. The van der Waals surface area contributed by atoms with E-state index in [9.17, 15) is 0 Å². The van der Waals surface area contributed by atoms with Crippen molar-refractivity contribution in [2.45, 2.75) is 6.04 Å². The Bertz CT molecular complexity index is 886. The van der Waals surface area contributed by atoms with Crippen LogP contribution in [0.25, 0.3) is 10.9 Å². The highest BCUT2D eigenvalue weighted by atomic mass is 35.5. The molecule has 1 aromatic heterocycles. The maximum Gasteiger partial charge on any atom is 0.0839 e. The van der Waals surface area contributed by atoms with Crippen LogP contribution in [0.15, 0.2) is 91.1 Å². The lowest BCUT2D eigenvalue weighted by atomic mass is 9.98. The zero-order chi connectivity index (χ0) is 15.6. The molecule has 0 unspecified atom stereocenters. The van der Waals surface area contributed by atoms with Crippen molar-refractivity contribution in [3.8, 4) is 0 Å². The topological polar surface area (TPSA) is 4.93 Å². The van der Waals surface area contributed by atoms with Crippen molar-refractivity contribution in [2.75, 3.05) is 0 Å². The summed E-state index contributed by atoms with van der Waals surface area (Å²) in [5.74, 6) is 0. The highest BCUT2D eigenvalue weighted by Crippen LogP contribution is 2.33. The van der Waals surface area contributed by atoms with Gasteiger partial charge in [-0.3, -0.25) is 0 Å². The molecule has 0 amide bonds. The quantitative estimate of drug-likeness (QED) is 0.441. The number of rotatable bonds is 3. The summed E-state index contributed by atoms with van der Waals surface area (Å²) in [5, 5.41) is 1.94. The lowest BCUT2D eigenvalue weighted by Crippen LogP contribution is -2.11. The van der Waals surface area contributed by atoms with E-state index >= 15 is 0 Å². The second kappa shape index (κ2) is 5.94. The first-order valence-corrected chi connectivity index (χ1v) is 8.07. The van der Waals surface area contributed by atoms with Crippen molar-refractivity contribution in [1.29, 1.82) is 0 Å². The van der Waals surface area contributed by atoms with Crippen molar-refractivity contribution in [3.05, 3.63) is 107 Å². The number of halogens is 1. The molecule has 0 aliphatic heterocycles. The van der Waals surface area contributed by atoms with Gasteiger partial charge in [-0.2, -0.15) is 0 Å². The molecule has 23 heavy (non-hydrogen) atoms. The molecule has 1 nitrogen and oxygen atoms in total. The molecule has 0 aliphatic rings. The van der Waals surface area contributed by atoms with E-state index in [2.05, 4.69) is 71.4 Å². The van der Waals surface area contributed by atoms with Crippen molar-refractivity contribution >= 4 is 22.5 Å². The van der Waals surface area contributed by atoms with Crippen LogP contribution < -0.4 is 0 Å². The van der Waals surface area contributed by atoms with E-state index in [1.54, 1.807) is 0 Å². The third-order valence-corrected chi connectivity index (χ3v) is 4.50. The SMILES string of the molecule is Clc1cccc2ccn(C(c3ccccc3)c3ccccc3)c12. The van der Waals surface area contributed by atoms with E-state index in [1.807, 2.05) is 24.3 Å². The van der Waals surface area contributed by atoms with E-state index in [1.165, 1.54) is 11.1 Å². The Labute approximate surface area is 140 Å². The maximum absolute atomic E-state index is 6.50. The van der Waals surface area contributed by atoms with Crippen LogP contribution in [0.3, 0.4) is 0 Å². The minimum absolute atomic E-state index is 0.106. The van der Waals surface area contributed by atoms with Crippen LogP contribution >= 0.6 is 11.6 Å². The summed E-state index contributed by atoms with van der Waals surface area (Å²) >= 11 is 6.50. The number of para-hydroxylation sites is 1. The molecule has 1 heterocycles. The Morgan fingerprint density at radius 1 is 0.652 bits per heavy atom. The second-order valence-corrected chi connectivity index (χ2v) is 6.03. The average molecular weight is 318 g/mol. The van der Waals surface area contributed by atoms with Gasteiger partial charge >= 0.3 is 0 Å². The van der Waals surface area contributed by atoms with Crippen LogP contribution in [-0.2, 0) is 0 Å². The van der Waals surface area contributed by atoms with Gasteiger partial charge in [0.1, 0.15) is 0 Å². The molecule has 0 aliphatic carbocycles. The van der Waals surface area contributed by atoms with E-state index in [4.69, 9.17) is 11.6 Å². The van der Waals surface area contributed by atoms with Gasteiger partial charge in [0.05, 0.1) is 16.6 Å². The van der Waals surface area contributed by atoms with Crippen LogP contribution in [0.2, 0.25) is 5.02 Å². The molecule has 112 valence electrons. The van der Waals surface area contributed by atoms with E-state index < -0.39 is 0 Å². The summed E-state index contributed by atoms with van der Waals surface area (Å²) in [6.07, 6.45) is 2.13. The number of nitrogens with zero attached hydrogens (tertiary/aromatic N) is 1. The molecule has 0 radical (unpaired) electrons. The van der Waals surface area contributed by atoms with Gasteiger partial charge in [-0.25, -0.2) is 0 Å². The molecule has 2 heteroatoms.